The summed E-state index contributed by atoms with van der Waals surface area (Å²) >= 11 is 0. The molecule has 1 saturated carbocycles. The number of amides is 1. The Kier molecular flexibility index (Phi) is 11.6. The van der Waals surface area contributed by atoms with E-state index in [1.807, 2.05) is 6.07 Å². The van der Waals surface area contributed by atoms with Crippen molar-refractivity contribution in [3.63, 3.8) is 0 Å². The van der Waals surface area contributed by atoms with Crippen molar-refractivity contribution >= 4 is 44.2 Å². The molecule has 2 aromatic carbocycles. The zero-order chi connectivity index (χ0) is 43.9. The van der Waals surface area contributed by atoms with E-state index in [9.17, 15) is 23.3 Å². The Balaban J connectivity index is 0.905. The number of benzene rings is 2. The van der Waals surface area contributed by atoms with Gasteiger partial charge in [-0.1, -0.05) is 38.1 Å². The van der Waals surface area contributed by atoms with Gasteiger partial charge in [-0.05, 0) is 118 Å². The van der Waals surface area contributed by atoms with Crippen molar-refractivity contribution in [2.45, 2.75) is 93.8 Å². The van der Waals surface area contributed by atoms with Crippen LogP contribution in [0.1, 0.15) is 98.7 Å². The lowest BCUT2D eigenvalue weighted by atomic mass is 9.60. The monoisotopic (exact) mass is 879 g/mol. The summed E-state index contributed by atoms with van der Waals surface area (Å²) in [7, 11) is -4.64. The number of ether oxygens (including phenoxy) is 1. The highest BCUT2D eigenvalue weighted by atomic mass is 32.2. The average molecular weight is 880 g/mol. The highest BCUT2D eigenvalue weighted by molar-refractivity contribution is 7.90. The third-order valence-corrected chi connectivity index (χ3v) is 15.1. The predicted octanol–water partition coefficient (Wildman–Crippen LogP) is 7.99. The van der Waals surface area contributed by atoms with E-state index in [0.717, 1.165) is 50.0 Å². The van der Waals surface area contributed by atoms with Crippen LogP contribution in [0.4, 0.5) is 21.6 Å². The zero-order valence-electron chi connectivity index (χ0n) is 35.6. The second-order valence-electron chi connectivity index (χ2n) is 18.1. The summed E-state index contributed by atoms with van der Waals surface area (Å²) in [6.07, 6.45) is 11.8. The van der Waals surface area contributed by atoms with Crippen LogP contribution < -0.4 is 25.0 Å². The molecule has 0 bridgehead atoms. The van der Waals surface area contributed by atoms with Crippen LogP contribution in [-0.2, 0) is 10.0 Å². The van der Waals surface area contributed by atoms with Crippen LogP contribution in [0.15, 0.2) is 84.1 Å². The first kappa shape index (κ1) is 42.6. The molecule has 6 heterocycles. The number of aromatic nitrogens is 3. The first-order valence-electron chi connectivity index (χ1n) is 22.0. The number of pyridine rings is 2. The maximum Gasteiger partial charge on any atom is 0.293 e. The van der Waals surface area contributed by atoms with Crippen LogP contribution in [0, 0.1) is 15.5 Å². The summed E-state index contributed by atoms with van der Waals surface area (Å²) in [5, 5.41) is 18.7. The molecule has 1 atom stereocenters. The maximum absolute atomic E-state index is 15.3. The summed E-state index contributed by atoms with van der Waals surface area (Å²) in [5.74, 6) is 0.428. The summed E-state index contributed by atoms with van der Waals surface area (Å²) in [5.41, 5.74) is 1.51. The molecule has 3 aromatic heterocycles. The Morgan fingerprint density at radius 1 is 1.02 bits per heavy atom. The number of halogens is 1. The van der Waals surface area contributed by atoms with Gasteiger partial charge in [-0.3, -0.25) is 19.8 Å². The molecule has 4 aliphatic rings. The largest absolute Gasteiger partial charge is 0.455 e. The number of nitro groups is 1. The van der Waals surface area contributed by atoms with E-state index in [-0.39, 0.29) is 41.8 Å². The number of anilines is 2. The lowest BCUT2D eigenvalue weighted by molar-refractivity contribution is -0.384. The van der Waals surface area contributed by atoms with E-state index in [1.165, 1.54) is 55.3 Å². The molecule has 15 nitrogen and oxygen atoms in total. The number of piperidine rings is 2. The minimum atomic E-state index is -4.64. The van der Waals surface area contributed by atoms with Gasteiger partial charge in [-0.15, -0.1) is 0 Å². The van der Waals surface area contributed by atoms with Gasteiger partial charge in [-0.25, -0.2) is 27.5 Å². The van der Waals surface area contributed by atoms with Gasteiger partial charge in [0.15, 0.2) is 0 Å². The SMILES string of the molecule is CC(C)c1ccccc1C1CCCN1C1CC2(CCN(c3cc(Oc4cnc5[nH]ccc5c4)c(C(=O)NS(=O)(=O)c4ccc(NCC5(F)CCNCC5)c([N+](=O)[O-])c4)cn3)CC2)C1. The molecule has 1 unspecified atom stereocenters. The molecule has 63 heavy (non-hydrogen) atoms. The number of hydrogen-bond acceptors (Lipinski definition) is 12. The van der Waals surface area contributed by atoms with Gasteiger partial charge >= 0.3 is 0 Å². The topological polar surface area (TPSA) is 188 Å². The third kappa shape index (κ3) is 8.82. The number of nitrogens with zero attached hydrogens (tertiary/aromatic N) is 5. The van der Waals surface area contributed by atoms with Crippen LogP contribution in [0.2, 0.25) is 0 Å². The first-order valence-corrected chi connectivity index (χ1v) is 23.5. The number of hydrogen-bond donors (Lipinski definition) is 4. The molecule has 4 N–H and O–H groups in total. The van der Waals surface area contributed by atoms with Gasteiger partial charge in [0.2, 0.25) is 0 Å². The Hall–Kier alpha value is -5.65. The fourth-order valence-electron chi connectivity index (χ4n) is 10.2. The Morgan fingerprint density at radius 3 is 2.56 bits per heavy atom. The highest BCUT2D eigenvalue weighted by Gasteiger charge is 2.50. The molecule has 1 aliphatic carbocycles. The van der Waals surface area contributed by atoms with Crippen LogP contribution in [-0.4, -0.2) is 90.1 Å². The molecule has 0 radical (unpaired) electrons. The van der Waals surface area contributed by atoms with Crippen LogP contribution in [0.5, 0.6) is 11.5 Å². The predicted molar refractivity (Wildman–Crippen MR) is 239 cm³/mol. The van der Waals surface area contributed by atoms with Crippen molar-refractivity contribution in [2.24, 2.45) is 5.41 Å². The van der Waals surface area contributed by atoms with Crippen molar-refractivity contribution in [1.82, 2.24) is 29.9 Å². The second-order valence-corrected chi connectivity index (χ2v) is 19.8. The van der Waals surface area contributed by atoms with Crippen molar-refractivity contribution < 1.29 is 27.3 Å². The lowest BCUT2D eigenvalue weighted by Gasteiger charge is -2.56. The van der Waals surface area contributed by atoms with E-state index in [0.29, 0.717) is 48.3 Å². The summed E-state index contributed by atoms with van der Waals surface area (Å²) in [4.78, 5) is 41.8. The van der Waals surface area contributed by atoms with Crippen molar-refractivity contribution in [1.29, 1.82) is 0 Å². The smallest absolute Gasteiger partial charge is 0.293 e. The minimum absolute atomic E-state index is 0.0337. The Morgan fingerprint density at radius 2 is 1.79 bits per heavy atom. The summed E-state index contributed by atoms with van der Waals surface area (Å²) in [6.45, 7) is 8.01. The fourth-order valence-corrected chi connectivity index (χ4v) is 11.2. The van der Waals surface area contributed by atoms with E-state index >= 15 is 4.39 Å². The van der Waals surface area contributed by atoms with E-state index < -0.39 is 37.1 Å². The number of nitrogens with one attached hydrogen (secondary N) is 4. The van der Waals surface area contributed by atoms with Crippen molar-refractivity contribution in [3.8, 4) is 11.5 Å². The van der Waals surface area contributed by atoms with Gasteiger partial charge in [0.1, 0.15) is 39.9 Å². The van der Waals surface area contributed by atoms with Gasteiger partial charge in [0.25, 0.3) is 21.6 Å². The molecule has 1 spiro atoms. The van der Waals surface area contributed by atoms with E-state index in [4.69, 9.17) is 4.74 Å². The molecular formula is C46H54FN9O6S. The molecule has 3 aliphatic heterocycles. The minimum Gasteiger partial charge on any atom is -0.455 e. The number of H-pyrrole nitrogens is 1. The third-order valence-electron chi connectivity index (χ3n) is 13.7. The maximum atomic E-state index is 15.3. The Bertz CT molecular complexity index is 2620. The molecule has 1 amide bonds. The number of fused-ring (bicyclic) bond motifs is 1. The average Bonchev–Trinajstić information content (AvgIpc) is 3.95. The first-order chi connectivity index (χ1) is 30.3. The molecular weight excluding hydrogens is 826 g/mol. The van der Waals surface area contributed by atoms with Gasteiger partial charge in [-0.2, -0.15) is 0 Å². The Labute approximate surface area is 366 Å². The van der Waals surface area contributed by atoms with Crippen LogP contribution in [0.3, 0.4) is 0 Å². The highest BCUT2D eigenvalue weighted by Crippen LogP contribution is 2.54. The molecule has 9 rings (SSSR count). The molecule has 332 valence electrons. The molecule has 5 aromatic rings. The number of rotatable bonds is 13. The van der Waals surface area contributed by atoms with Gasteiger partial charge < -0.3 is 25.3 Å². The molecule has 17 heteroatoms. The standard InChI is InChI=1S/C46H54FN9O6S/c1-30(2)35-6-3-4-7-36(35)39-8-5-19-55(39)32-25-45(26-32)14-20-54(21-15-45)42-24-41(62-33-22-31-11-16-49-43(31)51-27-33)37(28-50-42)44(57)53-63(60,61)34-9-10-38(40(23-34)56(58)59)52-29-46(47)12-17-48-18-13-46/h3-4,6-7,9-11,16,22-24,27-28,30,32,39,48,52H,5,8,12-15,17-21,25-26,29H2,1-2H3,(H,49,51)(H,53,57). The second kappa shape index (κ2) is 17.1. The van der Waals surface area contributed by atoms with Crippen molar-refractivity contribution in [2.75, 3.05) is 49.5 Å². The van der Waals surface area contributed by atoms with E-state index in [1.54, 1.807) is 18.3 Å². The number of sulfonamides is 1. The zero-order valence-corrected chi connectivity index (χ0v) is 36.4. The number of alkyl halides is 1. The summed E-state index contributed by atoms with van der Waals surface area (Å²) in [6, 6.07) is 18.4. The van der Waals surface area contributed by atoms with Gasteiger partial charge in [0.05, 0.1) is 16.0 Å². The molecule has 4 fully saturated rings. The number of aromatic amines is 1. The number of nitro benzene ring substituents is 1. The molecule has 3 saturated heterocycles. The number of carbonyl (C=O) groups is 1. The van der Waals surface area contributed by atoms with Gasteiger partial charge in [0, 0.05) is 61.6 Å². The number of likely N-dealkylation sites (tertiary alicyclic amines) is 1. The number of carbonyl (C=O) groups excluding carboxylic acids is 1. The fraction of sp³-hybridized carbons (Fsp3) is 0.457. The quantitative estimate of drug-likeness (QED) is 0.0661. The van der Waals surface area contributed by atoms with Crippen LogP contribution in [0.25, 0.3) is 11.0 Å². The lowest BCUT2D eigenvalue weighted by Crippen LogP contribution is -2.55. The van der Waals surface area contributed by atoms with E-state index in [2.05, 4.69) is 78.2 Å². The van der Waals surface area contributed by atoms with Crippen molar-refractivity contribution in [3.05, 3.63) is 106 Å². The normalized spacial score (nSPS) is 20.2. The summed E-state index contributed by atoms with van der Waals surface area (Å²) < 4.78 is 50.9. The van der Waals surface area contributed by atoms with Crippen LogP contribution >= 0.6 is 0 Å².